The van der Waals surface area contributed by atoms with Crippen molar-refractivity contribution in [2.45, 2.75) is 13.3 Å². The summed E-state index contributed by atoms with van der Waals surface area (Å²) in [5, 5.41) is 9.01. The van der Waals surface area contributed by atoms with Gasteiger partial charge in [0.15, 0.2) is 0 Å². The number of allylic oxidation sites excluding steroid dienone is 3. The van der Waals surface area contributed by atoms with Crippen molar-refractivity contribution in [3.63, 3.8) is 0 Å². The van der Waals surface area contributed by atoms with E-state index in [1.807, 2.05) is 12.2 Å². The molecule has 0 fully saturated rings. The summed E-state index contributed by atoms with van der Waals surface area (Å²) in [5.74, 6) is 1.52. The number of hydrogen-bond acceptors (Lipinski definition) is 1. The molecule has 1 N–H and O–H groups in total. The van der Waals surface area contributed by atoms with Gasteiger partial charge in [0.25, 0.3) is 0 Å². The molecule has 0 heterocycles. The number of aliphatic carboxylic acids is 1. The predicted molar refractivity (Wildman–Crippen MR) is 67.0 cm³/mol. The van der Waals surface area contributed by atoms with Gasteiger partial charge in [0.2, 0.25) is 0 Å². The van der Waals surface area contributed by atoms with Gasteiger partial charge in [-0.25, -0.2) is 0 Å². The van der Waals surface area contributed by atoms with Gasteiger partial charge in [0, 0.05) is 5.92 Å². The van der Waals surface area contributed by atoms with E-state index in [9.17, 15) is 4.79 Å². The maximum atomic E-state index is 11.0. The van der Waals surface area contributed by atoms with Crippen LogP contribution in [0.1, 0.15) is 13.3 Å². The Balaban J connectivity index is 2.91. The van der Waals surface area contributed by atoms with Crippen molar-refractivity contribution in [1.82, 2.24) is 0 Å². The van der Waals surface area contributed by atoms with Crippen LogP contribution in [0.25, 0.3) is 0 Å². The standard InChI is InChI=1S/C12H17O2P/c1-9(12(13)14)11-7-5-4-6-10(11)8-15(2)3/h4-5,7-10H,6H2,1-3H3/p+1. The summed E-state index contributed by atoms with van der Waals surface area (Å²) in [5.41, 5.74) is 1.04. The lowest BCUT2D eigenvalue weighted by molar-refractivity contribution is -0.139. The Morgan fingerprint density at radius 3 is 2.87 bits per heavy atom. The Hall–Kier alpha value is -0.880. The SMILES string of the molecule is CC(C(=O)O)C1=CC=CCC1C=[P+](C)C. The zero-order valence-electron chi connectivity index (χ0n) is 9.47. The summed E-state index contributed by atoms with van der Waals surface area (Å²) in [6.45, 7) is 6.15. The van der Waals surface area contributed by atoms with E-state index in [4.69, 9.17) is 5.11 Å². The van der Waals surface area contributed by atoms with Crippen molar-refractivity contribution in [1.29, 1.82) is 0 Å². The summed E-state index contributed by atoms with van der Waals surface area (Å²) in [6, 6.07) is 0. The average molecular weight is 225 g/mol. The van der Waals surface area contributed by atoms with E-state index in [-0.39, 0.29) is 13.5 Å². The fourth-order valence-electron chi connectivity index (χ4n) is 1.78. The largest absolute Gasteiger partial charge is 0.481 e. The van der Waals surface area contributed by atoms with Crippen molar-refractivity contribution in [2.24, 2.45) is 11.8 Å². The van der Waals surface area contributed by atoms with Gasteiger partial charge in [-0.05, 0) is 18.9 Å². The first-order chi connectivity index (χ1) is 7.02. The first-order valence-corrected chi connectivity index (χ1v) is 7.43. The molecule has 2 nitrogen and oxygen atoms in total. The minimum absolute atomic E-state index is 0.0866. The highest BCUT2D eigenvalue weighted by Crippen LogP contribution is 2.28. The van der Waals surface area contributed by atoms with Gasteiger partial charge >= 0.3 is 5.97 Å². The van der Waals surface area contributed by atoms with Crippen LogP contribution in [0, 0.1) is 11.8 Å². The first-order valence-electron chi connectivity index (χ1n) is 5.13. The quantitative estimate of drug-likeness (QED) is 0.750. The smallest absolute Gasteiger partial charge is 0.310 e. The molecule has 0 spiro atoms. The number of rotatable bonds is 3. The van der Waals surface area contributed by atoms with Crippen molar-refractivity contribution in [3.05, 3.63) is 23.8 Å². The molecular weight excluding hydrogens is 207 g/mol. The van der Waals surface area contributed by atoms with Crippen LogP contribution in [0.3, 0.4) is 0 Å². The van der Waals surface area contributed by atoms with E-state index >= 15 is 0 Å². The number of hydrogen-bond donors (Lipinski definition) is 1. The molecule has 0 aromatic carbocycles. The second-order valence-electron chi connectivity index (χ2n) is 4.11. The van der Waals surface area contributed by atoms with Gasteiger partial charge in [0.05, 0.1) is 32.6 Å². The van der Waals surface area contributed by atoms with Crippen LogP contribution < -0.4 is 0 Å². The highest BCUT2D eigenvalue weighted by Gasteiger charge is 2.25. The van der Waals surface area contributed by atoms with Gasteiger partial charge in [-0.2, -0.15) is 0 Å². The summed E-state index contributed by atoms with van der Waals surface area (Å²) >= 11 is 0. The molecule has 2 unspecified atom stereocenters. The minimum atomic E-state index is -0.730. The lowest BCUT2D eigenvalue weighted by Crippen LogP contribution is -2.20. The molecule has 1 aliphatic carbocycles. The summed E-state index contributed by atoms with van der Waals surface area (Å²) in [4.78, 5) is 11.0. The topological polar surface area (TPSA) is 37.3 Å². The Bertz CT molecular complexity index is 336. The fraction of sp³-hybridized carbons (Fsp3) is 0.500. The second kappa shape index (κ2) is 5.27. The summed E-state index contributed by atoms with van der Waals surface area (Å²) in [6.07, 6.45) is 6.98. The molecule has 0 bridgehead atoms. The van der Waals surface area contributed by atoms with E-state index < -0.39 is 5.97 Å². The summed E-state index contributed by atoms with van der Waals surface area (Å²) in [7, 11) is -0.0866. The molecule has 1 rings (SSSR count). The van der Waals surface area contributed by atoms with Crippen LogP contribution in [-0.2, 0) is 4.79 Å². The van der Waals surface area contributed by atoms with Gasteiger partial charge in [-0.3, -0.25) is 4.79 Å². The molecule has 0 radical (unpaired) electrons. The Labute approximate surface area is 92.1 Å². The molecule has 0 saturated heterocycles. The zero-order valence-corrected chi connectivity index (χ0v) is 10.4. The molecule has 0 amide bonds. The third kappa shape index (κ3) is 3.32. The molecule has 2 atom stereocenters. The molecule has 82 valence electrons. The van der Waals surface area contributed by atoms with Crippen LogP contribution in [-0.4, -0.2) is 30.2 Å². The molecule has 3 heteroatoms. The normalized spacial score (nSPS) is 21.8. The highest BCUT2D eigenvalue weighted by molar-refractivity contribution is 7.55. The number of carbonyl (C=O) groups is 1. The second-order valence-corrected chi connectivity index (χ2v) is 6.33. The van der Waals surface area contributed by atoms with Crippen molar-refractivity contribution < 1.29 is 9.90 Å². The van der Waals surface area contributed by atoms with E-state index in [0.717, 1.165) is 12.0 Å². The van der Waals surface area contributed by atoms with Gasteiger partial charge in [-0.1, -0.05) is 18.2 Å². The molecule has 0 aromatic rings. The van der Waals surface area contributed by atoms with E-state index in [1.54, 1.807) is 6.92 Å². The van der Waals surface area contributed by atoms with Crippen molar-refractivity contribution in [3.8, 4) is 0 Å². The van der Waals surface area contributed by atoms with Crippen molar-refractivity contribution >= 4 is 19.3 Å². The van der Waals surface area contributed by atoms with E-state index in [0.29, 0.717) is 5.92 Å². The Morgan fingerprint density at radius 2 is 2.33 bits per heavy atom. The third-order valence-corrected chi connectivity index (χ3v) is 3.55. The number of carboxylic acids is 1. The molecule has 15 heavy (non-hydrogen) atoms. The maximum absolute atomic E-state index is 11.0. The van der Waals surface area contributed by atoms with Gasteiger partial charge in [-0.15, -0.1) is 0 Å². The molecule has 1 aliphatic rings. The zero-order chi connectivity index (χ0) is 11.4. The van der Waals surface area contributed by atoms with E-state index in [2.05, 4.69) is 25.2 Å². The van der Waals surface area contributed by atoms with Gasteiger partial charge < -0.3 is 5.11 Å². The summed E-state index contributed by atoms with van der Waals surface area (Å²) < 4.78 is 0. The van der Waals surface area contributed by atoms with Crippen LogP contribution >= 0.6 is 7.55 Å². The van der Waals surface area contributed by atoms with E-state index in [1.165, 1.54) is 0 Å². The van der Waals surface area contributed by atoms with Crippen LogP contribution in [0.2, 0.25) is 0 Å². The highest BCUT2D eigenvalue weighted by atomic mass is 31.1. The molecule has 0 aliphatic heterocycles. The first kappa shape index (κ1) is 12.2. The lowest BCUT2D eigenvalue weighted by Gasteiger charge is -2.19. The Morgan fingerprint density at radius 1 is 1.67 bits per heavy atom. The maximum Gasteiger partial charge on any atom is 0.310 e. The monoisotopic (exact) mass is 225 g/mol. The molecular formula is C12H18O2P+. The molecule has 0 aromatic heterocycles. The Kier molecular flexibility index (Phi) is 4.28. The predicted octanol–water partition coefficient (Wildman–Crippen LogP) is 2.75. The minimum Gasteiger partial charge on any atom is -0.481 e. The van der Waals surface area contributed by atoms with Crippen molar-refractivity contribution in [2.75, 3.05) is 13.3 Å². The lowest BCUT2D eigenvalue weighted by atomic mass is 9.85. The van der Waals surface area contributed by atoms with Crippen LogP contribution in [0.5, 0.6) is 0 Å². The number of carboxylic acid groups (broad SMARTS) is 1. The van der Waals surface area contributed by atoms with Crippen LogP contribution in [0.15, 0.2) is 23.8 Å². The fourth-order valence-corrected chi connectivity index (χ4v) is 2.79. The van der Waals surface area contributed by atoms with Gasteiger partial charge in [0.1, 0.15) is 0 Å². The molecule has 0 saturated carbocycles. The average Bonchev–Trinajstić information content (AvgIpc) is 2.16. The van der Waals surface area contributed by atoms with Crippen LogP contribution in [0.4, 0.5) is 0 Å². The third-order valence-electron chi connectivity index (χ3n) is 2.59.